The number of carbonyl (C=O) groups is 2. The fourth-order valence-electron chi connectivity index (χ4n) is 4.24. The quantitative estimate of drug-likeness (QED) is 0.638. The summed E-state index contributed by atoms with van der Waals surface area (Å²) in [7, 11) is 2.84. The number of fused-ring (bicyclic) bond motifs is 3. The van der Waals surface area contributed by atoms with Crippen molar-refractivity contribution in [2.45, 2.75) is 18.5 Å². The first-order valence-corrected chi connectivity index (χ1v) is 9.95. The number of carboxylic acids is 1. The van der Waals surface area contributed by atoms with E-state index in [1.807, 2.05) is 48.5 Å². The zero-order valence-electron chi connectivity index (χ0n) is 17.3. The van der Waals surface area contributed by atoms with Crippen LogP contribution in [-0.2, 0) is 16.0 Å². The first-order valence-electron chi connectivity index (χ1n) is 9.95. The van der Waals surface area contributed by atoms with Gasteiger partial charge in [-0.25, -0.2) is 9.59 Å². The molecule has 1 atom stereocenters. The van der Waals surface area contributed by atoms with Crippen molar-refractivity contribution in [1.82, 2.24) is 4.90 Å². The van der Waals surface area contributed by atoms with Gasteiger partial charge in [0.15, 0.2) is 0 Å². The molecule has 0 bridgehead atoms. The average Bonchev–Trinajstić information content (AvgIpc) is 3.13. The lowest BCUT2D eigenvalue weighted by molar-refractivity contribution is -0.143. The van der Waals surface area contributed by atoms with Gasteiger partial charge in [-0.3, -0.25) is 4.90 Å². The minimum Gasteiger partial charge on any atom is -0.497 e. The maximum atomic E-state index is 13.0. The normalized spacial score (nSPS) is 13.1. The van der Waals surface area contributed by atoms with Gasteiger partial charge in [0.2, 0.25) is 0 Å². The van der Waals surface area contributed by atoms with Crippen LogP contribution in [0.1, 0.15) is 22.7 Å². The first kappa shape index (κ1) is 20.5. The van der Waals surface area contributed by atoms with Crippen LogP contribution in [0.3, 0.4) is 0 Å². The molecule has 0 saturated heterocycles. The van der Waals surface area contributed by atoms with Gasteiger partial charge in [0.05, 0.1) is 20.3 Å². The van der Waals surface area contributed by atoms with E-state index in [4.69, 9.17) is 9.47 Å². The number of hydrogen-bond donors (Lipinski definition) is 1. The molecule has 1 aliphatic carbocycles. The van der Waals surface area contributed by atoms with Crippen molar-refractivity contribution in [3.8, 4) is 16.9 Å². The number of aliphatic carboxylic acids is 1. The van der Waals surface area contributed by atoms with Gasteiger partial charge >= 0.3 is 12.1 Å². The van der Waals surface area contributed by atoms with E-state index in [-0.39, 0.29) is 6.42 Å². The van der Waals surface area contributed by atoms with E-state index >= 15 is 0 Å². The number of carboxylic acid groups (broad SMARTS) is 1. The molecular weight excluding hydrogens is 394 g/mol. The van der Waals surface area contributed by atoms with Gasteiger partial charge in [-0.1, -0.05) is 60.7 Å². The molecule has 6 heteroatoms. The van der Waals surface area contributed by atoms with E-state index in [1.165, 1.54) is 12.0 Å². The van der Waals surface area contributed by atoms with Crippen molar-refractivity contribution in [2.24, 2.45) is 0 Å². The predicted octanol–water partition coefficient (Wildman–Crippen LogP) is 4.53. The molecule has 1 amide bonds. The Bertz CT molecular complexity index is 1060. The van der Waals surface area contributed by atoms with E-state index in [0.29, 0.717) is 5.75 Å². The van der Waals surface area contributed by atoms with Gasteiger partial charge in [-0.15, -0.1) is 0 Å². The number of benzene rings is 3. The van der Waals surface area contributed by atoms with Crippen LogP contribution in [0, 0.1) is 0 Å². The number of rotatable bonds is 6. The van der Waals surface area contributed by atoms with E-state index < -0.39 is 24.1 Å². The monoisotopic (exact) mass is 417 g/mol. The second-order valence-electron chi connectivity index (χ2n) is 7.36. The molecular formula is C25H23NO5. The van der Waals surface area contributed by atoms with Crippen LogP contribution in [0.4, 0.5) is 4.79 Å². The lowest BCUT2D eigenvalue weighted by Crippen LogP contribution is -2.48. The molecule has 0 heterocycles. The molecule has 0 aromatic heterocycles. The van der Waals surface area contributed by atoms with Crippen molar-refractivity contribution < 1.29 is 24.2 Å². The van der Waals surface area contributed by atoms with Crippen LogP contribution >= 0.6 is 0 Å². The van der Waals surface area contributed by atoms with Crippen molar-refractivity contribution in [2.75, 3.05) is 14.2 Å². The molecule has 0 unspecified atom stereocenters. The van der Waals surface area contributed by atoms with Gasteiger partial charge in [0.1, 0.15) is 11.8 Å². The van der Waals surface area contributed by atoms with E-state index in [0.717, 1.165) is 27.8 Å². The number of amides is 1. The molecule has 158 valence electrons. The molecule has 6 nitrogen and oxygen atoms in total. The molecule has 1 aliphatic rings. The highest BCUT2D eigenvalue weighted by molar-refractivity contribution is 5.85. The van der Waals surface area contributed by atoms with Crippen molar-refractivity contribution in [3.05, 3.63) is 89.5 Å². The van der Waals surface area contributed by atoms with E-state index in [1.54, 1.807) is 31.4 Å². The molecule has 1 N–H and O–H groups in total. The summed E-state index contributed by atoms with van der Waals surface area (Å²) in [5.74, 6) is -0.415. The highest BCUT2D eigenvalue weighted by atomic mass is 16.5. The Kier molecular flexibility index (Phi) is 5.62. The van der Waals surface area contributed by atoms with Crippen molar-refractivity contribution in [1.29, 1.82) is 0 Å². The number of carbonyl (C=O) groups excluding carboxylic acids is 1. The molecule has 0 fully saturated rings. The first-order chi connectivity index (χ1) is 15.0. The SMILES string of the molecule is COC(=O)N(C1c2ccccc2-c2ccccc21)[C@@H](Cc1ccc(OC)cc1)C(=O)O. The molecule has 0 radical (unpaired) electrons. The summed E-state index contributed by atoms with van der Waals surface area (Å²) in [5.41, 5.74) is 4.53. The van der Waals surface area contributed by atoms with Gasteiger partial charge in [0.25, 0.3) is 0 Å². The smallest absolute Gasteiger partial charge is 0.411 e. The summed E-state index contributed by atoms with van der Waals surface area (Å²) in [5, 5.41) is 10.1. The third-order valence-corrected chi connectivity index (χ3v) is 5.67. The third kappa shape index (κ3) is 3.72. The Morgan fingerprint density at radius 1 is 0.903 bits per heavy atom. The summed E-state index contributed by atoms with van der Waals surface area (Å²) in [6, 6.07) is 21.0. The zero-order valence-corrected chi connectivity index (χ0v) is 17.3. The Morgan fingerprint density at radius 2 is 1.45 bits per heavy atom. The fraction of sp³-hybridized carbons (Fsp3) is 0.200. The number of nitrogens with zero attached hydrogens (tertiary/aromatic N) is 1. The molecule has 0 saturated carbocycles. The second-order valence-corrected chi connectivity index (χ2v) is 7.36. The van der Waals surface area contributed by atoms with E-state index in [9.17, 15) is 14.7 Å². The van der Waals surface area contributed by atoms with Crippen LogP contribution in [0.2, 0.25) is 0 Å². The highest BCUT2D eigenvalue weighted by Gasteiger charge is 2.42. The van der Waals surface area contributed by atoms with Crippen molar-refractivity contribution >= 4 is 12.1 Å². The van der Waals surface area contributed by atoms with Gasteiger partial charge in [-0.2, -0.15) is 0 Å². The van der Waals surface area contributed by atoms with Crippen molar-refractivity contribution in [3.63, 3.8) is 0 Å². The topological polar surface area (TPSA) is 76.1 Å². The second kappa shape index (κ2) is 8.52. The average molecular weight is 417 g/mol. The fourth-order valence-corrected chi connectivity index (χ4v) is 4.24. The molecule has 0 spiro atoms. The standard InChI is InChI=1S/C25H23NO5/c1-30-17-13-11-16(12-14-17)15-22(24(27)28)26(25(29)31-2)23-20-9-5-3-7-18(20)19-8-4-6-10-21(19)23/h3-14,22-23H,15H2,1-2H3,(H,27,28)/t22-/m0/s1. The lowest BCUT2D eigenvalue weighted by Gasteiger charge is -2.34. The van der Waals surface area contributed by atoms with Gasteiger partial charge in [0, 0.05) is 6.42 Å². The maximum absolute atomic E-state index is 13.0. The minimum atomic E-state index is -1.12. The highest BCUT2D eigenvalue weighted by Crippen LogP contribution is 2.47. The number of methoxy groups -OCH3 is 2. The maximum Gasteiger partial charge on any atom is 0.411 e. The number of hydrogen-bond acceptors (Lipinski definition) is 4. The van der Waals surface area contributed by atoms with Crippen LogP contribution in [0.25, 0.3) is 11.1 Å². The summed E-state index contributed by atoms with van der Waals surface area (Å²) in [6.07, 6.45) is -0.549. The Morgan fingerprint density at radius 3 is 1.94 bits per heavy atom. The Labute approximate surface area is 180 Å². The summed E-state index contributed by atoms with van der Waals surface area (Å²) in [6.45, 7) is 0. The van der Waals surface area contributed by atoms with Crippen LogP contribution < -0.4 is 4.74 Å². The largest absolute Gasteiger partial charge is 0.497 e. The number of ether oxygens (including phenoxy) is 2. The Hall–Kier alpha value is -3.80. The van der Waals surface area contributed by atoms with Gasteiger partial charge in [-0.05, 0) is 39.9 Å². The summed E-state index contributed by atoms with van der Waals surface area (Å²) >= 11 is 0. The van der Waals surface area contributed by atoms with Crippen LogP contribution in [-0.4, -0.2) is 42.3 Å². The Balaban J connectivity index is 1.80. The molecule has 31 heavy (non-hydrogen) atoms. The molecule has 4 rings (SSSR count). The predicted molar refractivity (Wildman–Crippen MR) is 116 cm³/mol. The van der Waals surface area contributed by atoms with Crippen LogP contribution in [0.15, 0.2) is 72.8 Å². The summed E-state index contributed by atoms with van der Waals surface area (Å²) < 4.78 is 10.2. The minimum absolute atomic E-state index is 0.134. The van der Waals surface area contributed by atoms with Gasteiger partial charge < -0.3 is 14.6 Å². The third-order valence-electron chi connectivity index (χ3n) is 5.67. The zero-order chi connectivity index (χ0) is 22.0. The molecule has 3 aromatic carbocycles. The molecule has 0 aliphatic heterocycles. The van der Waals surface area contributed by atoms with E-state index in [2.05, 4.69) is 0 Å². The summed E-state index contributed by atoms with van der Waals surface area (Å²) in [4.78, 5) is 26.7. The molecule has 3 aromatic rings. The lowest BCUT2D eigenvalue weighted by atomic mass is 9.98. The van der Waals surface area contributed by atoms with Crippen LogP contribution in [0.5, 0.6) is 5.75 Å².